The van der Waals surface area contributed by atoms with Crippen molar-refractivity contribution in [2.24, 2.45) is 18.9 Å². The molecule has 3 heteroatoms. The van der Waals surface area contributed by atoms with E-state index in [0.717, 1.165) is 30.4 Å². The molecular weight excluding hydrogens is 246 g/mol. The second kappa shape index (κ2) is 5.99. The van der Waals surface area contributed by atoms with E-state index in [2.05, 4.69) is 11.2 Å². The molecule has 20 heavy (non-hydrogen) atoms. The Kier molecular flexibility index (Phi) is 4.10. The van der Waals surface area contributed by atoms with Crippen molar-refractivity contribution >= 4 is 0 Å². The minimum absolute atomic E-state index is 0.774. The molecule has 0 aliphatic heterocycles. The molecule has 3 nitrogen and oxygen atoms in total. The molecule has 1 fully saturated rings. The second-order valence-electron chi connectivity index (χ2n) is 6.73. The quantitative estimate of drug-likeness (QED) is 0.721. The van der Waals surface area contributed by atoms with E-state index < -0.39 is 0 Å². The van der Waals surface area contributed by atoms with Gasteiger partial charge in [0.25, 0.3) is 0 Å². The Labute approximate surface area is 122 Å². The summed E-state index contributed by atoms with van der Waals surface area (Å²) >= 11 is 0. The van der Waals surface area contributed by atoms with Crippen molar-refractivity contribution in [1.29, 1.82) is 5.26 Å². The van der Waals surface area contributed by atoms with E-state index in [1.165, 1.54) is 62.6 Å². The lowest BCUT2D eigenvalue weighted by Crippen LogP contribution is -2.12. The third-order valence-corrected chi connectivity index (χ3v) is 5.20. The summed E-state index contributed by atoms with van der Waals surface area (Å²) in [6, 6.07) is 2.37. The number of fused-ring (bicyclic) bond motifs is 3. The van der Waals surface area contributed by atoms with Crippen LogP contribution < -0.4 is 0 Å². The van der Waals surface area contributed by atoms with Gasteiger partial charge < -0.3 is 0 Å². The van der Waals surface area contributed by atoms with E-state index in [0.29, 0.717) is 0 Å². The summed E-state index contributed by atoms with van der Waals surface area (Å²) in [6.45, 7) is 0. The molecule has 0 spiro atoms. The highest BCUT2D eigenvalue weighted by Crippen LogP contribution is 2.35. The van der Waals surface area contributed by atoms with Crippen LogP contribution in [-0.4, -0.2) is 9.78 Å². The summed E-state index contributed by atoms with van der Waals surface area (Å²) in [7, 11) is 1.92. The molecule has 0 aromatic carbocycles. The van der Waals surface area contributed by atoms with E-state index >= 15 is 0 Å². The minimum Gasteiger partial charge on any atom is -0.257 e. The van der Waals surface area contributed by atoms with Gasteiger partial charge in [0.1, 0.15) is 11.8 Å². The summed E-state index contributed by atoms with van der Waals surface area (Å²) in [5.74, 6) is 1.57. The van der Waals surface area contributed by atoms with Crippen LogP contribution in [0.2, 0.25) is 0 Å². The Bertz CT molecular complexity index is 509. The first kappa shape index (κ1) is 13.7. The van der Waals surface area contributed by atoms with Gasteiger partial charge in [-0.05, 0) is 31.1 Å². The van der Waals surface area contributed by atoms with Crippen molar-refractivity contribution in [3.8, 4) is 6.07 Å². The van der Waals surface area contributed by atoms with Crippen LogP contribution >= 0.6 is 0 Å². The highest BCUT2D eigenvalue weighted by atomic mass is 15.3. The average molecular weight is 271 g/mol. The molecule has 0 radical (unpaired) electrons. The standard InChI is InChI=1S/C17H25N3/c1-20-17(12-18)15-10-13-7-5-3-2-4-6-8-14(9-13)11-16(15)19-20/h13-14H,2-11H2,1H3. The Balaban J connectivity index is 1.89. The van der Waals surface area contributed by atoms with Crippen LogP contribution in [0.5, 0.6) is 0 Å². The number of aromatic nitrogens is 2. The maximum Gasteiger partial charge on any atom is 0.141 e. The molecule has 108 valence electrons. The molecule has 1 aromatic heterocycles. The summed E-state index contributed by atoms with van der Waals surface area (Å²) in [5, 5.41) is 14.0. The first-order valence-electron chi connectivity index (χ1n) is 8.22. The maximum atomic E-state index is 9.39. The molecule has 1 saturated carbocycles. The van der Waals surface area contributed by atoms with E-state index in [1.54, 1.807) is 4.68 Å². The molecule has 0 saturated heterocycles. The fourth-order valence-corrected chi connectivity index (χ4v) is 4.18. The monoisotopic (exact) mass is 271 g/mol. The molecular formula is C17H25N3. The van der Waals surface area contributed by atoms with E-state index in [9.17, 15) is 5.26 Å². The van der Waals surface area contributed by atoms with Crippen molar-refractivity contribution in [3.05, 3.63) is 17.0 Å². The van der Waals surface area contributed by atoms with Gasteiger partial charge in [-0.3, -0.25) is 4.68 Å². The topological polar surface area (TPSA) is 41.6 Å². The van der Waals surface area contributed by atoms with Gasteiger partial charge in [0.15, 0.2) is 0 Å². The van der Waals surface area contributed by atoms with Gasteiger partial charge in [0.05, 0.1) is 5.69 Å². The van der Waals surface area contributed by atoms with Crippen LogP contribution in [0.15, 0.2) is 0 Å². The number of nitriles is 1. The van der Waals surface area contributed by atoms with Gasteiger partial charge in [0.2, 0.25) is 0 Å². The van der Waals surface area contributed by atoms with Crippen LogP contribution in [0.3, 0.4) is 0 Å². The normalized spacial score (nSPS) is 27.2. The fraction of sp³-hybridized carbons (Fsp3) is 0.765. The Morgan fingerprint density at radius 1 is 1.05 bits per heavy atom. The average Bonchev–Trinajstić information content (AvgIpc) is 2.62. The molecule has 1 aromatic rings. The smallest absolute Gasteiger partial charge is 0.141 e. The van der Waals surface area contributed by atoms with Gasteiger partial charge in [0, 0.05) is 12.6 Å². The van der Waals surface area contributed by atoms with E-state index in [1.807, 2.05) is 7.05 Å². The van der Waals surface area contributed by atoms with Crippen molar-refractivity contribution < 1.29 is 0 Å². The maximum absolute atomic E-state index is 9.39. The highest BCUT2D eigenvalue weighted by Gasteiger charge is 2.28. The summed E-state index contributed by atoms with van der Waals surface area (Å²) in [5.41, 5.74) is 3.29. The summed E-state index contributed by atoms with van der Waals surface area (Å²) in [4.78, 5) is 0. The van der Waals surface area contributed by atoms with Gasteiger partial charge in [-0.25, -0.2) is 0 Å². The van der Waals surface area contributed by atoms with Crippen molar-refractivity contribution in [3.63, 3.8) is 0 Å². The van der Waals surface area contributed by atoms with Gasteiger partial charge >= 0.3 is 0 Å². The third kappa shape index (κ3) is 2.75. The van der Waals surface area contributed by atoms with E-state index in [4.69, 9.17) is 0 Å². The van der Waals surface area contributed by atoms with Crippen LogP contribution in [0.25, 0.3) is 0 Å². The molecule has 0 amide bonds. The van der Waals surface area contributed by atoms with Gasteiger partial charge in [-0.1, -0.05) is 44.9 Å². The zero-order valence-corrected chi connectivity index (χ0v) is 12.6. The van der Waals surface area contributed by atoms with Crippen molar-refractivity contribution in [2.75, 3.05) is 0 Å². The number of hydrogen-bond donors (Lipinski definition) is 0. The number of nitrogens with zero attached hydrogens (tertiary/aromatic N) is 3. The molecule has 2 bridgehead atoms. The first-order valence-corrected chi connectivity index (χ1v) is 8.22. The van der Waals surface area contributed by atoms with Crippen LogP contribution in [0.4, 0.5) is 0 Å². The van der Waals surface area contributed by atoms with Gasteiger partial charge in [-0.15, -0.1) is 0 Å². The number of hydrogen-bond acceptors (Lipinski definition) is 2. The number of rotatable bonds is 0. The third-order valence-electron chi connectivity index (χ3n) is 5.20. The fourth-order valence-electron chi connectivity index (χ4n) is 4.18. The van der Waals surface area contributed by atoms with Crippen LogP contribution in [0.1, 0.15) is 68.3 Å². The molecule has 2 atom stereocenters. The first-order chi connectivity index (χ1) is 9.78. The Morgan fingerprint density at radius 2 is 1.70 bits per heavy atom. The predicted octanol–water partition coefficient (Wildman–Crippen LogP) is 3.76. The van der Waals surface area contributed by atoms with Crippen molar-refractivity contribution in [2.45, 2.75) is 64.2 Å². The van der Waals surface area contributed by atoms with Crippen LogP contribution in [-0.2, 0) is 19.9 Å². The highest BCUT2D eigenvalue weighted by molar-refractivity contribution is 5.36. The minimum atomic E-state index is 0.774. The Morgan fingerprint density at radius 3 is 2.40 bits per heavy atom. The van der Waals surface area contributed by atoms with Crippen LogP contribution in [0, 0.1) is 23.2 Å². The second-order valence-corrected chi connectivity index (χ2v) is 6.73. The van der Waals surface area contributed by atoms with Gasteiger partial charge in [-0.2, -0.15) is 10.4 Å². The van der Waals surface area contributed by atoms with E-state index in [-0.39, 0.29) is 0 Å². The zero-order chi connectivity index (χ0) is 13.9. The summed E-state index contributed by atoms with van der Waals surface area (Å²) < 4.78 is 1.80. The molecule has 2 unspecified atom stereocenters. The molecule has 1 heterocycles. The zero-order valence-electron chi connectivity index (χ0n) is 12.6. The molecule has 3 rings (SSSR count). The lowest BCUT2D eigenvalue weighted by Gasteiger charge is -2.21. The number of aryl methyl sites for hydroxylation is 1. The largest absolute Gasteiger partial charge is 0.257 e. The SMILES string of the molecule is Cn1nc2c(c1C#N)CC1CCCCCCCC(C2)C1. The lowest BCUT2D eigenvalue weighted by molar-refractivity contribution is 0.315. The summed E-state index contributed by atoms with van der Waals surface area (Å²) in [6.07, 6.45) is 13.2. The molecule has 2 aliphatic carbocycles. The predicted molar refractivity (Wildman–Crippen MR) is 79.2 cm³/mol. The van der Waals surface area contributed by atoms with Crippen molar-refractivity contribution in [1.82, 2.24) is 9.78 Å². The molecule has 0 N–H and O–H groups in total. The molecule has 2 aliphatic rings. The Hall–Kier alpha value is -1.30. The lowest BCUT2D eigenvalue weighted by atomic mass is 9.84.